The van der Waals surface area contributed by atoms with E-state index in [1.807, 2.05) is 0 Å². The first-order valence-corrected chi connectivity index (χ1v) is 7.49. The number of nitrogens with zero attached hydrogens (tertiary/aromatic N) is 2. The number of carbonyl (C=O) groups excluding carboxylic acids is 1. The van der Waals surface area contributed by atoms with Crippen molar-refractivity contribution in [3.8, 4) is 0 Å². The standard InChI is InChI=1S/C16H22F2N2O/c1-3-20(4-2)13-7-8-19(10-13)11-16(21)12-5-6-14(17)15(18)9-12/h5-6,9,13H,3-4,7-8,10-11H2,1-2H3. The number of Topliss-reactive ketones (excluding diaryl/α,β-unsaturated/α-hetero) is 1. The molecule has 1 aliphatic heterocycles. The summed E-state index contributed by atoms with van der Waals surface area (Å²) < 4.78 is 26.0. The van der Waals surface area contributed by atoms with Gasteiger partial charge in [-0.15, -0.1) is 0 Å². The lowest BCUT2D eigenvalue weighted by atomic mass is 10.1. The number of likely N-dealkylation sites (tertiary alicyclic amines) is 1. The van der Waals surface area contributed by atoms with Gasteiger partial charge in [0.1, 0.15) is 0 Å². The highest BCUT2D eigenvalue weighted by molar-refractivity contribution is 5.97. The minimum atomic E-state index is -0.969. The van der Waals surface area contributed by atoms with Crippen molar-refractivity contribution in [1.29, 1.82) is 0 Å². The fourth-order valence-electron chi connectivity index (χ4n) is 2.96. The zero-order valence-electron chi connectivity index (χ0n) is 12.6. The van der Waals surface area contributed by atoms with Gasteiger partial charge in [-0.05, 0) is 37.7 Å². The maximum absolute atomic E-state index is 13.2. The zero-order valence-corrected chi connectivity index (χ0v) is 12.6. The molecule has 116 valence electrons. The predicted molar refractivity (Wildman–Crippen MR) is 78.5 cm³/mol. The first-order chi connectivity index (χ1) is 10.0. The van der Waals surface area contributed by atoms with Gasteiger partial charge in [0, 0.05) is 24.7 Å². The molecule has 1 atom stereocenters. The minimum absolute atomic E-state index is 0.158. The summed E-state index contributed by atoms with van der Waals surface area (Å²) in [4.78, 5) is 16.6. The third-order valence-electron chi connectivity index (χ3n) is 4.19. The summed E-state index contributed by atoms with van der Waals surface area (Å²) >= 11 is 0. The summed E-state index contributed by atoms with van der Waals surface area (Å²) in [7, 11) is 0. The normalized spacial score (nSPS) is 19.4. The van der Waals surface area contributed by atoms with Gasteiger partial charge in [-0.1, -0.05) is 13.8 Å². The second-order valence-corrected chi connectivity index (χ2v) is 5.45. The molecule has 0 aliphatic carbocycles. The van der Waals surface area contributed by atoms with E-state index < -0.39 is 11.6 Å². The molecule has 1 aliphatic rings. The topological polar surface area (TPSA) is 23.6 Å². The number of likely N-dealkylation sites (N-methyl/N-ethyl adjacent to an activating group) is 1. The molecular weight excluding hydrogens is 274 g/mol. The molecule has 0 saturated carbocycles. The molecule has 0 amide bonds. The predicted octanol–water partition coefficient (Wildman–Crippen LogP) is 2.56. The van der Waals surface area contributed by atoms with E-state index in [9.17, 15) is 13.6 Å². The third kappa shape index (κ3) is 3.86. The first-order valence-electron chi connectivity index (χ1n) is 7.49. The van der Waals surface area contributed by atoms with Crippen LogP contribution in [0.25, 0.3) is 0 Å². The molecule has 0 bridgehead atoms. The molecule has 2 rings (SSSR count). The Morgan fingerprint density at radius 2 is 2.00 bits per heavy atom. The summed E-state index contributed by atoms with van der Waals surface area (Å²) in [6.45, 7) is 8.28. The van der Waals surface area contributed by atoms with E-state index in [2.05, 4.69) is 23.6 Å². The molecule has 1 saturated heterocycles. The van der Waals surface area contributed by atoms with E-state index in [1.54, 1.807) is 0 Å². The van der Waals surface area contributed by atoms with Crippen LogP contribution in [-0.4, -0.2) is 54.3 Å². The van der Waals surface area contributed by atoms with Gasteiger partial charge in [-0.3, -0.25) is 14.6 Å². The van der Waals surface area contributed by atoms with Crippen molar-refractivity contribution >= 4 is 5.78 Å². The van der Waals surface area contributed by atoms with Crippen LogP contribution in [0.1, 0.15) is 30.6 Å². The molecule has 1 unspecified atom stereocenters. The molecule has 0 N–H and O–H groups in total. The molecule has 0 aromatic heterocycles. The second-order valence-electron chi connectivity index (χ2n) is 5.45. The molecule has 5 heteroatoms. The smallest absolute Gasteiger partial charge is 0.176 e. The Morgan fingerprint density at radius 3 is 2.62 bits per heavy atom. The van der Waals surface area contributed by atoms with Crippen LogP contribution >= 0.6 is 0 Å². The number of ketones is 1. The lowest BCUT2D eigenvalue weighted by molar-refractivity contribution is 0.0939. The number of carbonyl (C=O) groups is 1. The lowest BCUT2D eigenvalue weighted by Crippen LogP contribution is -2.38. The molecule has 21 heavy (non-hydrogen) atoms. The zero-order chi connectivity index (χ0) is 15.4. The molecular formula is C16H22F2N2O. The number of benzene rings is 1. The largest absolute Gasteiger partial charge is 0.300 e. The molecule has 0 spiro atoms. The summed E-state index contributed by atoms with van der Waals surface area (Å²) in [5.41, 5.74) is 0.236. The van der Waals surface area contributed by atoms with Crippen LogP contribution in [0.3, 0.4) is 0 Å². The quantitative estimate of drug-likeness (QED) is 0.754. The van der Waals surface area contributed by atoms with E-state index in [0.29, 0.717) is 6.04 Å². The van der Waals surface area contributed by atoms with Gasteiger partial charge < -0.3 is 0 Å². The highest BCUT2D eigenvalue weighted by atomic mass is 19.2. The fourth-order valence-corrected chi connectivity index (χ4v) is 2.96. The van der Waals surface area contributed by atoms with Gasteiger partial charge in [-0.2, -0.15) is 0 Å². The Hall–Kier alpha value is -1.33. The van der Waals surface area contributed by atoms with Gasteiger partial charge in [0.25, 0.3) is 0 Å². The van der Waals surface area contributed by atoms with Crippen molar-refractivity contribution in [2.75, 3.05) is 32.7 Å². The molecule has 1 fully saturated rings. The average molecular weight is 296 g/mol. The van der Waals surface area contributed by atoms with E-state index in [1.165, 1.54) is 6.07 Å². The maximum atomic E-state index is 13.2. The Kier molecular flexibility index (Phi) is 5.42. The fraction of sp³-hybridized carbons (Fsp3) is 0.562. The molecule has 1 heterocycles. The van der Waals surface area contributed by atoms with E-state index >= 15 is 0 Å². The van der Waals surface area contributed by atoms with Crippen LogP contribution in [0.5, 0.6) is 0 Å². The molecule has 1 aromatic rings. The summed E-state index contributed by atoms with van der Waals surface area (Å²) in [5, 5.41) is 0. The molecule has 0 radical (unpaired) electrons. The van der Waals surface area contributed by atoms with Crippen LogP contribution in [0.4, 0.5) is 8.78 Å². The summed E-state index contributed by atoms with van der Waals surface area (Å²) in [5.74, 6) is -2.05. The lowest BCUT2D eigenvalue weighted by Gasteiger charge is -2.26. The van der Waals surface area contributed by atoms with Gasteiger partial charge in [-0.25, -0.2) is 8.78 Å². The Bertz CT molecular complexity index is 503. The van der Waals surface area contributed by atoms with Crippen molar-refractivity contribution in [2.24, 2.45) is 0 Å². The first kappa shape index (κ1) is 16.0. The van der Waals surface area contributed by atoms with Gasteiger partial charge in [0.05, 0.1) is 6.54 Å². The van der Waals surface area contributed by atoms with Crippen LogP contribution in [0.2, 0.25) is 0 Å². The highest BCUT2D eigenvalue weighted by Crippen LogP contribution is 2.16. The third-order valence-corrected chi connectivity index (χ3v) is 4.19. The van der Waals surface area contributed by atoms with E-state index in [4.69, 9.17) is 0 Å². The van der Waals surface area contributed by atoms with Gasteiger partial charge in [0.2, 0.25) is 0 Å². The SMILES string of the molecule is CCN(CC)C1CCN(CC(=O)c2ccc(F)c(F)c2)C1. The van der Waals surface area contributed by atoms with Gasteiger partial charge >= 0.3 is 0 Å². The number of rotatable bonds is 6. The minimum Gasteiger partial charge on any atom is -0.300 e. The summed E-state index contributed by atoms with van der Waals surface area (Å²) in [6, 6.07) is 3.82. The van der Waals surface area contributed by atoms with Crippen LogP contribution in [-0.2, 0) is 0 Å². The number of hydrogen-bond acceptors (Lipinski definition) is 3. The van der Waals surface area contributed by atoms with E-state index in [0.717, 1.165) is 44.7 Å². The average Bonchev–Trinajstić information content (AvgIpc) is 2.91. The second kappa shape index (κ2) is 7.09. The Balaban J connectivity index is 1.93. The molecule has 1 aromatic carbocycles. The highest BCUT2D eigenvalue weighted by Gasteiger charge is 2.27. The van der Waals surface area contributed by atoms with Crippen molar-refractivity contribution in [2.45, 2.75) is 26.3 Å². The van der Waals surface area contributed by atoms with Crippen LogP contribution in [0.15, 0.2) is 18.2 Å². The Morgan fingerprint density at radius 1 is 1.29 bits per heavy atom. The van der Waals surface area contributed by atoms with Crippen molar-refractivity contribution < 1.29 is 13.6 Å². The van der Waals surface area contributed by atoms with Crippen LogP contribution < -0.4 is 0 Å². The number of hydrogen-bond donors (Lipinski definition) is 0. The molecule has 3 nitrogen and oxygen atoms in total. The summed E-state index contributed by atoms with van der Waals surface area (Å²) in [6.07, 6.45) is 1.05. The Labute approximate surface area is 124 Å². The van der Waals surface area contributed by atoms with Crippen LogP contribution in [0, 0.1) is 11.6 Å². The maximum Gasteiger partial charge on any atom is 0.176 e. The monoisotopic (exact) mass is 296 g/mol. The van der Waals surface area contributed by atoms with E-state index in [-0.39, 0.29) is 17.9 Å². The van der Waals surface area contributed by atoms with Crippen molar-refractivity contribution in [1.82, 2.24) is 9.80 Å². The van der Waals surface area contributed by atoms with Crippen molar-refractivity contribution in [3.05, 3.63) is 35.4 Å². The van der Waals surface area contributed by atoms with Gasteiger partial charge in [0.15, 0.2) is 17.4 Å². The number of halogens is 2. The van der Waals surface area contributed by atoms with Crippen molar-refractivity contribution in [3.63, 3.8) is 0 Å².